The molecular formula is C16H24N4. The third kappa shape index (κ3) is 3.45. The molecular weight excluding hydrogens is 248 g/mol. The standard InChI is InChI=1S/C16H24N4/c1-11-10-12(2)18-14(4)16(11)13(3)17-8-6-15-7-9-20(5)19-15/h7,9-10,13,17H,6,8H2,1-5H3. The quantitative estimate of drug-likeness (QED) is 0.910. The number of aryl methyl sites for hydroxylation is 4. The lowest BCUT2D eigenvalue weighted by Gasteiger charge is -2.19. The maximum atomic E-state index is 4.57. The molecule has 0 saturated heterocycles. The summed E-state index contributed by atoms with van der Waals surface area (Å²) < 4.78 is 1.84. The van der Waals surface area contributed by atoms with Gasteiger partial charge in [0.25, 0.3) is 0 Å². The molecule has 2 aromatic rings. The topological polar surface area (TPSA) is 42.7 Å². The number of hydrogen-bond acceptors (Lipinski definition) is 3. The molecule has 0 aliphatic heterocycles. The van der Waals surface area contributed by atoms with Gasteiger partial charge in [-0.1, -0.05) is 0 Å². The fourth-order valence-corrected chi connectivity index (χ4v) is 2.80. The van der Waals surface area contributed by atoms with Crippen molar-refractivity contribution >= 4 is 0 Å². The second-order valence-corrected chi connectivity index (χ2v) is 5.49. The Kier molecular flexibility index (Phi) is 4.55. The summed E-state index contributed by atoms with van der Waals surface area (Å²) in [7, 11) is 1.95. The lowest BCUT2D eigenvalue weighted by molar-refractivity contribution is 0.564. The average molecular weight is 272 g/mol. The molecule has 20 heavy (non-hydrogen) atoms. The minimum Gasteiger partial charge on any atom is -0.310 e. The lowest BCUT2D eigenvalue weighted by Crippen LogP contribution is -2.23. The van der Waals surface area contributed by atoms with Crippen LogP contribution in [0.2, 0.25) is 0 Å². The van der Waals surface area contributed by atoms with Crippen molar-refractivity contribution in [3.8, 4) is 0 Å². The second kappa shape index (κ2) is 6.18. The van der Waals surface area contributed by atoms with Crippen LogP contribution in [-0.4, -0.2) is 21.3 Å². The molecule has 0 spiro atoms. The van der Waals surface area contributed by atoms with Crippen molar-refractivity contribution in [2.45, 2.75) is 40.2 Å². The molecule has 0 bridgehead atoms. The first-order valence-electron chi connectivity index (χ1n) is 7.14. The van der Waals surface area contributed by atoms with Gasteiger partial charge in [-0.2, -0.15) is 5.10 Å². The summed E-state index contributed by atoms with van der Waals surface area (Å²) in [6.45, 7) is 9.42. The van der Waals surface area contributed by atoms with Crippen LogP contribution in [0.25, 0.3) is 0 Å². The first kappa shape index (κ1) is 14.7. The zero-order valence-corrected chi connectivity index (χ0v) is 13.1. The van der Waals surface area contributed by atoms with Crippen molar-refractivity contribution in [3.63, 3.8) is 0 Å². The van der Waals surface area contributed by atoms with Crippen LogP contribution in [0.4, 0.5) is 0 Å². The molecule has 0 aliphatic carbocycles. The van der Waals surface area contributed by atoms with Crippen LogP contribution >= 0.6 is 0 Å². The first-order valence-corrected chi connectivity index (χ1v) is 7.14. The zero-order chi connectivity index (χ0) is 14.7. The Hall–Kier alpha value is -1.68. The van der Waals surface area contributed by atoms with Gasteiger partial charge < -0.3 is 5.32 Å². The molecule has 4 nitrogen and oxygen atoms in total. The largest absolute Gasteiger partial charge is 0.310 e. The first-order chi connectivity index (χ1) is 9.47. The maximum absolute atomic E-state index is 4.57. The minimum atomic E-state index is 0.312. The number of nitrogens with one attached hydrogen (secondary N) is 1. The van der Waals surface area contributed by atoms with Gasteiger partial charge in [0, 0.05) is 43.6 Å². The highest BCUT2D eigenvalue weighted by molar-refractivity contribution is 5.33. The fraction of sp³-hybridized carbons (Fsp3) is 0.500. The van der Waals surface area contributed by atoms with E-state index in [1.54, 1.807) is 0 Å². The van der Waals surface area contributed by atoms with E-state index in [1.807, 2.05) is 24.9 Å². The molecule has 108 valence electrons. The fourth-order valence-electron chi connectivity index (χ4n) is 2.80. The Bertz CT molecular complexity index is 563. The molecule has 4 heteroatoms. The third-order valence-electron chi connectivity index (χ3n) is 3.62. The smallest absolute Gasteiger partial charge is 0.0637 e. The van der Waals surface area contributed by atoms with Crippen LogP contribution in [0.1, 0.15) is 41.2 Å². The van der Waals surface area contributed by atoms with E-state index in [4.69, 9.17) is 0 Å². The van der Waals surface area contributed by atoms with Gasteiger partial charge in [-0.05, 0) is 51.0 Å². The van der Waals surface area contributed by atoms with E-state index in [2.05, 4.69) is 48.3 Å². The summed E-state index contributed by atoms with van der Waals surface area (Å²) in [6.07, 6.45) is 2.93. The van der Waals surface area contributed by atoms with Crippen LogP contribution in [0.15, 0.2) is 18.3 Å². The van der Waals surface area contributed by atoms with E-state index in [0.29, 0.717) is 6.04 Å². The molecule has 0 radical (unpaired) electrons. The highest BCUT2D eigenvalue weighted by Crippen LogP contribution is 2.21. The van der Waals surface area contributed by atoms with Crippen molar-refractivity contribution in [1.82, 2.24) is 20.1 Å². The van der Waals surface area contributed by atoms with Gasteiger partial charge >= 0.3 is 0 Å². The number of rotatable bonds is 5. The Morgan fingerprint density at radius 2 is 2.05 bits per heavy atom. The minimum absolute atomic E-state index is 0.312. The summed E-state index contributed by atoms with van der Waals surface area (Å²) in [4.78, 5) is 4.57. The van der Waals surface area contributed by atoms with Crippen LogP contribution < -0.4 is 5.32 Å². The number of nitrogens with zero attached hydrogens (tertiary/aromatic N) is 3. The van der Waals surface area contributed by atoms with E-state index in [1.165, 1.54) is 11.1 Å². The summed E-state index contributed by atoms with van der Waals surface area (Å²) in [5.41, 5.74) is 5.97. The van der Waals surface area contributed by atoms with Crippen LogP contribution in [-0.2, 0) is 13.5 Å². The Morgan fingerprint density at radius 1 is 1.30 bits per heavy atom. The van der Waals surface area contributed by atoms with E-state index < -0.39 is 0 Å². The summed E-state index contributed by atoms with van der Waals surface area (Å²) in [6, 6.07) is 4.53. The SMILES string of the molecule is Cc1cc(C)c(C(C)NCCc2ccn(C)n2)c(C)n1. The second-order valence-electron chi connectivity index (χ2n) is 5.49. The highest BCUT2D eigenvalue weighted by atomic mass is 15.2. The maximum Gasteiger partial charge on any atom is 0.0637 e. The highest BCUT2D eigenvalue weighted by Gasteiger charge is 2.12. The van der Waals surface area contributed by atoms with Crippen molar-refractivity contribution < 1.29 is 0 Å². The molecule has 0 aromatic carbocycles. The number of aromatic nitrogens is 3. The van der Waals surface area contributed by atoms with E-state index >= 15 is 0 Å². The van der Waals surface area contributed by atoms with Gasteiger partial charge in [0.1, 0.15) is 0 Å². The monoisotopic (exact) mass is 272 g/mol. The molecule has 2 rings (SSSR count). The van der Waals surface area contributed by atoms with Crippen molar-refractivity contribution in [2.75, 3.05) is 6.54 Å². The van der Waals surface area contributed by atoms with Gasteiger partial charge in [0.05, 0.1) is 5.69 Å². The van der Waals surface area contributed by atoms with Gasteiger partial charge in [0.15, 0.2) is 0 Å². The molecule has 1 unspecified atom stereocenters. The molecule has 0 saturated carbocycles. The Morgan fingerprint density at radius 3 is 2.65 bits per heavy atom. The summed E-state index contributed by atoms with van der Waals surface area (Å²) in [5, 5.41) is 7.96. The van der Waals surface area contributed by atoms with E-state index in [-0.39, 0.29) is 0 Å². The summed E-state index contributed by atoms with van der Waals surface area (Å²) in [5.74, 6) is 0. The van der Waals surface area contributed by atoms with Gasteiger partial charge in [0.2, 0.25) is 0 Å². The van der Waals surface area contributed by atoms with Crippen molar-refractivity contribution in [1.29, 1.82) is 0 Å². The molecule has 0 fully saturated rings. The van der Waals surface area contributed by atoms with E-state index in [0.717, 1.165) is 30.0 Å². The predicted molar refractivity (Wildman–Crippen MR) is 81.8 cm³/mol. The van der Waals surface area contributed by atoms with Crippen LogP contribution in [0, 0.1) is 20.8 Å². The Labute approximate surface area is 121 Å². The molecule has 0 aliphatic rings. The van der Waals surface area contributed by atoms with Crippen LogP contribution in [0.3, 0.4) is 0 Å². The van der Waals surface area contributed by atoms with Gasteiger partial charge in [-0.3, -0.25) is 9.67 Å². The Balaban J connectivity index is 1.96. The van der Waals surface area contributed by atoms with Crippen molar-refractivity contribution in [3.05, 3.63) is 46.5 Å². The lowest BCUT2D eigenvalue weighted by atomic mass is 10.0. The van der Waals surface area contributed by atoms with Gasteiger partial charge in [-0.15, -0.1) is 0 Å². The molecule has 2 aromatic heterocycles. The molecule has 0 amide bonds. The molecule has 1 atom stereocenters. The summed E-state index contributed by atoms with van der Waals surface area (Å²) >= 11 is 0. The number of pyridine rings is 1. The van der Waals surface area contributed by atoms with Crippen molar-refractivity contribution in [2.24, 2.45) is 7.05 Å². The third-order valence-corrected chi connectivity index (χ3v) is 3.62. The van der Waals surface area contributed by atoms with E-state index in [9.17, 15) is 0 Å². The average Bonchev–Trinajstić information content (AvgIpc) is 2.73. The van der Waals surface area contributed by atoms with Crippen LogP contribution in [0.5, 0.6) is 0 Å². The predicted octanol–water partition coefficient (Wildman–Crippen LogP) is 2.63. The molecule has 2 heterocycles. The number of hydrogen-bond donors (Lipinski definition) is 1. The molecule has 1 N–H and O–H groups in total. The van der Waals surface area contributed by atoms with Gasteiger partial charge in [-0.25, -0.2) is 0 Å². The zero-order valence-electron chi connectivity index (χ0n) is 13.1. The normalized spacial score (nSPS) is 12.7.